The molecule has 27 heavy (non-hydrogen) atoms. The molecule has 1 saturated heterocycles. The normalized spacial score (nSPS) is 18.3. The SMILES string of the molecule is C[Si](C)(C)C#CC(O)(CS(=O)(=O)N1CCN(c2ccccn2)CC1)C(N)=O. The maximum Gasteiger partial charge on any atom is 0.263 e. The highest BCUT2D eigenvalue weighted by Gasteiger charge is 2.41. The van der Waals surface area contributed by atoms with Gasteiger partial charge in [0.25, 0.3) is 5.91 Å². The van der Waals surface area contributed by atoms with Crippen LogP contribution in [0.3, 0.4) is 0 Å². The van der Waals surface area contributed by atoms with Crippen LogP contribution in [0.5, 0.6) is 0 Å². The Labute approximate surface area is 161 Å². The number of nitrogens with two attached hydrogens (primary N) is 1. The van der Waals surface area contributed by atoms with E-state index in [0.717, 1.165) is 5.82 Å². The van der Waals surface area contributed by atoms with E-state index in [1.54, 1.807) is 6.20 Å². The second-order valence-electron chi connectivity index (χ2n) is 7.55. The van der Waals surface area contributed by atoms with E-state index in [9.17, 15) is 18.3 Å². The van der Waals surface area contributed by atoms with Crippen molar-refractivity contribution in [3.63, 3.8) is 0 Å². The largest absolute Gasteiger partial charge is 0.369 e. The molecule has 2 heterocycles. The second kappa shape index (κ2) is 7.98. The lowest BCUT2D eigenvalue weighted by molar-refractivity contribution is -0.129. The van der Waals surface area contributed by atoms with Crippen LogP contribution in [0.15, 0.2) is 24.4 Å². The lowest BCUT2D eigenvalue weighted by atomic mass is 10.1. The van der Waals surface area contributed by atoms with Crippen LogP contribution in [0.4, 0.5) is 5.82 Å². The Balaban J connectivity index is 2.11. The summed E-state index contributed by atoms with van der Waals surface area (Å²) < 4.78 is 26.7. The summed E-state index contributed by atoms with van der Waals surface area (Å²) in [6.45, 7) is 7.16. The molecular weight excluding hydrogens is 384 g/mol. The van der Waals surface area contributed by atoms with Crippen LogP contribution in [-0.2, 0) is 14.8 Å². The molecule has 1 atom stereocenters. The van der Waals surface area contributed by atoms with Gasteiger partial charge in [-0.15, -0.1) is 5.54 Å². The molecule has 8 nitrogen and oxygen atoms in total. The third kappa shape index (κ3) is 5.77. The summed E-state index contributed by atoms with van der Waals surface area (Å²) in [5, 5.41) is 10.5. The lowest BCUT2D eigenvalue weighted by Crippen LogP contribution is -2.55. The maximum atomic E-state index is 12.7. The summed E-state index contributed by atoms with van der Waals surface area (Å²) in [4.78, 5) is 18.0. The van der Waals surface area contributed by atoms with Crippen molar-refractivity contribution in [2.24, 2.45) is 5.73 Å². The van der Waals surface area contributed by atoms with Crippen LogP contribution in [0.25, 0.3) is 0 Å². The van der Waals surface area contributed by atoms with Gasteiger partial charge in [-0.05, 0) is 12.1 Å². The minimum atomic E-state index is -3.91. The number of hydrogen-bond donors (Lipinski definition) is 2. The van der Waals surface area contributed by atoms with Crippen LogP contribution in [-0.4, -0.2) is 74.3 Å². The molecule has 148 valence electrons. The van der Waals surface area contributed by atoms with E-state index in [4.69, 9.17) is 5.73 Å². The van der Waals surface area contributed by atoms with E-state index in [1.807, 2.05) is 42.7 Å². The summed E-state index contributed by atoms with van der Waals surface area (Å²) in [7, 11) is -5.84. The average Bonchev–Trinajstić information content (AvgIpc) is 2.60. The van der Waals surface area contributed by atoms with Crippen molar-refractivity contribution in [2.45, 2.75) is 25.2 Å². The zero-order valence-electron chi connectivity index (χ0n) is 15.8. The summed E-state index contributed by atoms with van der Waals surface area (Å²) in [6.07, 6.45) is 1.68. The Morgan fingerprint density at radius 1 is 1.30 bits per heavy atom. The predicted octanol–water partition coefficient (Wildman–Crippen LogP) is -0.369. The first-order valence-corrected chi connectivity index (χ1v) is 13.7. The topological polar surface area (TPSA) is 117 Å². The standard InChI is InChI=1S/C17H26N4O4SSi/c1-27(2,3)13-7-17(23,16(18)22)14-26(24,25)21-11-9-20(10-12-21)15-6-4-5-8-19-15/h4-6,8,23H,9-12,14H2,1-3H3,(H2,18,22). The van der Waals surface area contributed by atoms with E-state index in [2.05, 4.69) is 16.4 Å². The fraction of sp³-hybridized carbons (Fsp3) is 0.529. The van der Waals surface area contributed by atoms with E-state index >= 15 is 0 Å². The molecule has 1 aromatic rings. The van der Waals surface area contributed by atoms with Crippen LogP contribution in [0.2, 0.25) is 19.6 Å². The number of carbonyl (C=O) groups excluding carboxylic acids is 1. The van der Waals surface area contributed by atoms with Crippen LogP contribution >= 0.6 is 0 Å². The van der Waals surface area contributed by atoms with Crippen LogP contribution < -0.4 is 10.6 Å². The van der Waals surface area contributed by atoms with E-state index < -0.39 is 35.4 Å². The van der Waals surface area contributed by atoms with Gasteiger partial charge in [0.1, 0.15) is 19.6 Å². The molecule has 1 aliphatic rings. The quantitative estimate of drug-likeness (QED) is 0.505. The van der Waals surface area contributed by atoms with Crippen molar-refractivity contribution < 1.29 is 18.3 Å². The number of carbonyl (C=O) groups is 1. The van der Waals surface area contributed by atoms with Gasteiger partial charge >= 0.3 is 0 Å². The van der Waals surface area contributed by atoms with Gasteiger partial charge in [-0.3, -0.25) is 4.79 Å². The molecule has 0 spiro atoms. The summed E-state index contributed by atoms with van der Waals surface area (Å²) in [5.41, 5.74) is 5.70. The molecule has 3 N–H and O–H groups in total. The van der Waals surface area contributed by atoms with Crippen molar-refractivity contribution in [1.29, 1.82) is 0 Å². The molecule has 0 aromatic carbocycles. The third-order valence-corrected chi connectivity index (χ3v) is 6.86. The third-order valence-electron chi connectivity index (χ3n) is 4.05. The highest BCUT2D eigenvalue weighted by atomic mass is 32.2. The number of hydrogen-bond acceptors (Lipinski definition) is 6. The zero-order valence-corrected chi connectivity index (χ0v) is 17.7. The van der Waals surface area contributed by atoms with Crippen molar-refractivity contribution in [3.05, 3.63) is 24.4 Å². The van der Waals surface area contributed by atoms with E-state index in [-0.39, 0.29) is 13.1 Å². The first kappa shape index (κ1) is 21.4. The highest BCUT2D eigenvalue weighted by molar-refractivity contribution is 7.89. The van der Waals surface area contributed by atoms with E-state index in [1.165, 1.54) is 4.31 Å². The number of piperazine rings is 1. The molecule has 0 aliphatic carbocycles. The molecule has 0 bridgehead atoms. The fourth-order valence-corrected chi connectivity index (χ4v) is 4.78. The fourth-order valence-electron chi connectivity index (χ4n) is 2.55. The zero-order chi connectivity index (χ0) is 20.3. The number of sulfonamides is 1. The van der Waals surface area contributed by atoms with Crippen LogP contribution in [0.1, 0.15) is 0 Å². The Morgan fingerprint density at radius 2 is 1.93 bits per heavy atom. The molecule has 2 rings (SSSR count). The van der Waals surface area contributed by atoms with Gasteiger partial charge in [-0.25, -0.2) is 13.4 Å². The molecule has 1 unspecified atom stereocenters. The number of anilines is 1. The van der Waals surface area contributed by atoms with Crippen molar-refractivity contribution in [3.8, 4) is 11.5 Å². The first-order chi connectivity index (χ1) is 12.4. The van der Waals surface area contributed by atoms with Crippen molar-refractivity contribution in [2.75, 3.05) is 36.8 Å². The summed E-state index contributed by atoms with van der Waals surface area (Å²) in [6, 6.07) is 5.55. The smallest absolute Gasteiger partial charge is 0.263 e. The van der Waals surface area contributed by atoms with Gasteiger partial charge in [-0.2, -0.15) is 4.31 Å². The Hall–Kier alpha value is -1.93. The number of primary amides is 1. The maximum absolute atomic E-state index is 12.7. The Bertz CT molecular complexity index is 837. The van der Waals surface area contributed by atoms with Gasteiger partial charge in [0.05, 0.1) is 0 Å². The number of aliphatic hydroxyl groups is 1. The minimum Gasteiger partial charge on any atom is -0.369 e. The number of pyridine rings is 1. The molecule has 0 radical (unpaired) electrons. The molecule has 1 aliphatic heterocycles. The lowest BCUT2D eigenvalue weighted by Gasteiger charge is -2.35. The predicted molar refractivity (Wildman–Crippen MR) is 107 cm³/mol. The second-order valence-corrected chi connectivity index (χ2v) is 14.3. The van der Waals surface area contributed by atoms with Crippen LogP contribution in [0, 0.1) is 11.5 Å². The summed E-state index contributed by atoms with van der Waals surface area (Å²) >= 11 is 0. The number of nitrogens with zero attached hydrogens (tertiary/aromatic N) is 3. The number of rotatable bonds is 5. The molecule has 0 saturated carbocycles. The Kier molecular flexibility index (Phi) is 6.31. The molecular formula is C17H26N4O4SSi. The van der Waals surface area contributed by atoms with Gasteiger partial charge in [-0.1, -0.05) is 31.6 Å². The molecule has 1 amide bonds. The summed E-state index contributed by atoms with van der Waals surface area (Å²) in [5.74, 6) is 1.23. The molecule has 1 aromatic heterocycles. The van der Waals surface area contributed by atoms with Gasteiger partial charge < -0.3 is 15.7 Å². The number of aromatic nitrogens is 1. The van der Waals surface area contributed by atoms with Crippen molar-refractivity contribution >= 4 is 29.8 Å². The molecule has 1 fully saturated rings. The molecule has 10 heteroatoms. The van der Waals surface area contributed by atoms with E-state index in [0.29, 0.717) is 13.1 Å². The Morgan fingerprint density at radius 3 is 2.41 bits per heavy atom. The van der Waals surface area contributed by atoms with Crippen molar-refractivity contribution in [1.82, 2.24) is 9.29 Å². The minimum absolute atomic E-state index is 0.231. The van der Waals surface area contributed by atoms with Gasteiger partial charge in [0.2, 0.25) is 15.6 Å². The highest BCUT2D eigenvalue weighted by Crippen LogP contribution is 2.17. The average molecular weight is 411 g/mol. The monoisotopic (exact) mass is 410 g/mol. The van der Waals surface area contributed by atoms with Gasteiger partial charge in [0.15, 0.2) is 0 Å². The van der Waals surface area contributed by atoms with Gasteiger partial charge in [0, 0.05) is 32.4 Å². The number of amides is 1. The first-order valence-electron chi connectivity index (χ1n) is 8.63.